The van der Waals surface area contributed by atoms with Gasteiger partial charge < -0.3 is 0 Å². The first-order chi connectivity index (χ1) is 6.68. The molecular weight excluding hydrogens is 179 g/mol. The van der Waals surface area contributed by atoms with Gasteiger partial charge in [-0.2, -0.15) is 0 Å². The molecule has 0 fully saturated rings. The Bertz CT molecular complexity index is 356. The van der Waals surface area contributed by atoms with Crippen molar-refractivity contribution in [3.63, 3.8) is 0 Å². The molecule has 0 atom stereocenters. The highest BCUT2D eigenvalue weighted by molar-refractivity contribution is 5.48. The zero-order chi connectivity index (χ0) is 10.1. The lowest BCUT2D eigenvalue weighted by atomic mass is 10.3. The van der Waals surface area contributed by atoms with Crippen molar-refractivity contribution in [3.8, 4) is 0 Å². The number of anilines is 1. The molecule has 0 aromatic heterocycles. The molecule has 0 saturated heterocycles. The van der Waals surface area contributed by atoms with E-state index in [4.69, 9.17) is 0 Å². The molecule has 74 valence electrons. The maximum atomic E-state index is 12.7. The molecular formula is C11H13FN2. The highest BCUT2D eigenvalue weighted by atomic mass is 19.1. The van der Waals surface area contributed by atoms with E-state index in [1.165, 1.54) is 17.8 Å². The smallest absolute Gasteiger partial charge is 0.123 e. The fourth-order valence-corrected chi connectivity index (χ4v) is 1.56. The standard InChI is InChI=1S/C11H13FN2/c1-9-7-8-14(13(9)2)11-5-3-10(12)4-6-11/h3-7H,8H2,1-2H3. The molecule has 1 aromatic rings. The number of hydrogen-bond acceptors (Lipinski definition) is 2. The largest absolute Gasteiger partial charge is 0.293 e. The highest BCUT2D eigenvalue weighted by Gasteiger charge is 2.16. The van der Waals surface area contributed by atoms with Crippen molar-refractivity contribution in [2.45, 2.75) is 6.92 Å². The van der Waals surface area contributed by atoms with Crippen molar-refractivity contribution >= 4 is 5.69 Å². The molecule has 0 radical (unpaired) electrons. The van der Waals surface area contributed by atoms with Crippen LogP contribution in [-0.2, 0) is 0 Å². The highest BCUT2D eigenvalue weighted by Crippen LogP contribution is 2.22. The van der Waals surface area contributed by atoms with Gasteiger partial charge >= 0.3 is 0 Å². The average Bonchev–Trinajstić information content (AvgIpc) is 2.50. The van der Waals surface area contributed by atoms with Gasteiger partial charge in [0.15, 0.2) is 0 Å². The van der Waals surface area contributed by atoms with E-state index in [1.54, 1.807) is 12.1 Å². The summed E-state index contributed by atoms with van der Waals surface area (Å²) in [4.78, 5) is 0. The van der Waals surface area contributed by atoms with E-state index in [2.05, 4.69) is 23.0 Å². The Morgan fingerprint density at radius 3 is 2.36 bits per heavy atom. The number of rotatable bonds is 1. The molecule has 0 amide bonds. The zero-order valence-electron chi connectivity index (χ0n) is 8.37. The number of benzene rings is 1. The van der Waals surface area contributed by atoms with E-state index in [9.17, 15) is 4.39 Å². The lowest BCUT2D eigenvalue weighted by Gasteiger charge is -2.29. The maximum absolute atomic E-state index is 12.7. The number of hydrazine groups is 1. The van der Waals surface area contributed by atoms with Crippen LogP contribution in [0.4, 0.5) is 10.1 Å². The topological polar surface area (TPSA) is 6.48 Å². The predicted molar refractivity (Wildman–Crippen MR) is 55.3 cm³/mol. The van der Waals surface area contributed by atoms with Crippen molar-refractivity contribution in [2.24, 2.45) is 0 Å². The Morgan fingerprint density at radius 1 is 1.21 bits per heavy atom. The number of allylic oxidation sites excluding steroid dienone is 1. The molecule has 1 heterocycles. The summed E-state index contributed by atoms with van der Waals surface area (Å²) < 4.78 is 12.7. The summed E-state index contributed by atoms with van der Waals surface area (Å²) in [6, 6.07) is 6.55. The third-order valence-corrected chi connectivity index (χ3v) is 2.56. The molecule has 3 heteroatoms. The van der Waals surface area contributed by atoms with Gasteiger partial charge in [-0.25, -0.2) is 4.39 Å². The fraction of sp³-hybridized carbons (Fsp3) is 0.273. The van der Waals surface area contributed by atoms with Crippen LogP contribution in [0.2, 0.25) is 0 Å². The molecule has 1 aliphatic rings. The van der Waals surface area contributed by atoms with Crippen molar-refractivity contribution in [3.05, 3.63) is 41.9 Å². The summed E-state index contributed by atoms with van der Waals surface area (Å²) in [6.45, 7) is 2.91. The molecule has 1 aliphatic heterocycles. The van der Waals surface area contributed by atoms with Crippen molar-refractivity contribution < 1.29 is 4.39 Å². The number of halogens is 1. The maximum Gasteiger partial charge on any atom is 0.123 e. The Labute approximate surface area is 83.2 Å². The van der Waals surface area contributed by atoms with Gasteiger partial charge in [0.05, 0.1) is 12.2 Å². The van der Waals surface area contributed by atoms with Crippen LogP contribution in [-0.4, -0.2) is 18.6 Å². The normalized spacial score (nSPS) is 16.1. The second-order valence-corrected chi connectivity index (χ2v) is 3.43. The lowest BCUT2D eigenvalue weighted by Crippen LogP contribution is -2.33. The molecule has 2 rings (SSSR count). The molecule has 0 spiro atoms. The quantitative estimate of drug-likeness (QED) is 0.674. The number of nitrogens with zero attached hydrogens (tertiary/aromatic N) is 2. The van der Waals surface area contributed by atoms with Crippen molar-refractivity contribution in [2.75, 3.05) is 18.6 Å². The third-order valence-electron chi connectivity index (χ3n) is 2.56. The Kier molecular flexibility index (Phi) is 2.15. The third kappa shape index (κ3) is 1.45. The van der Waals surface area contributed by atoms with E-state index in [-0.39, 0.29) is 5.82 Å². The van der Waals surface area contributed by atoms with Gasteiger partial charge in [-0.1, -0.05) is 0 Å². The van der Waals surface area contributed by atoms with Gasteiger partial charge in [-0.05, 0) is 37.3 Å². The molecule has 0 N–H and O–H groups in total. The van der Waals surface area contributed by atoms with Crippen LogP contribution in [0.25, 0.3) is 0 Å². The van der Waals surface area contributed by atoms with Crippen LogP contribution >= 0.6 is 0 Å². The zero-order valence-corrected chi connectivity index (χ0v) is 8.37. The SMILES string of the molecule is CC1=CCN(c2ccc(F)cc2)N1C. The van der Waals surface area contributed by atoms with Gasteiger partial charge in [-0.15, -0.1) is 0 Å². The van der Waals surface area contributed by atoms with Gasteiger partial charge in [0, 0.05) is 12.7 Å². The van der Waals surface area contributed by atoms with Gasteiger partial charge in [-0.3, -0.25) is 10.0 Å². The summed E-state index contributed by atoms with van der Waals surface area (Å²) in [6.07, 6.45) is 2.14. The summed E-state index contributed by atoms with van der Waals surface area (Å²) in [5.74, 6) is -0.194. The van der Waals surface area contributed by atoms with Gasteiger partial charge in [0.1, 0.15) is 5.82 Å². The molecule has 0 aliphatic carbocycles. The molecule has 0 bridgehead atoms. The van der Waals surface area contributed by atoms with Crippen molar-refractivity contribution in [1.29, 1.82) is 0 Å². The van der Waals surface area contributed by atoms with E-state index >= 15 is 0 Å². The van der Waals surface area contributed by atoms with Crippen LogP contribution in [0, 0.1) is 5.82 Å². The molecule has 0 saturated carbocycles. The summed E-state index contributed by atoms with van der Waals surface area (Å²) >= 11 is 0. The van der Waals surface area contributed by atoms with Crippen LogP contribution in [0.1, 0.15) is 6.92 Å². The van der Waals surface area contributed by atoms with E-state index in [1.807, 2.05) is 7.05 Å². The summed E-state index contributed by atoms with van der Waals surface area (Å²) in [7, 11) is 2.00. The lowest BCUT2D eigenvalue weighted by molar-refractivity contribution is 0.422. The van der Waals surface area contributed by atoms with Gasteiger partial charge in [0.25, 0.3) is 0 Å². The van der Waals surface area contributed by atoms with Crippen LogP contribution in [0.3, 0.4) is 0 Å². The molecule has 14 heavy (non-hydrogen) atoms. The minimum Gasteiger partial charge on any atom is -0.293 e. The fourth-order valence-electron chi connectivity index (χ4n) is 1.56. The summed E-state index contributed by atoms with van der Waals surface area (Å²) in [5, 5.41) is 4.15. The minimum atomic E-state index is -0.194. The van der Waals surface area contributed by atoms with Crippen molar-refractivity contribution in [1.82, 2.24) is 5.01 Å². The van der Waals surface area contributed by atoms with E-state index in [0.29, 0.717) is 0 Å². The second-order valence-electron chi connectivity index (χ2n) is 3.43. The average molecular weight is 192 g/mol. The Balaban J connectivity index is 2.22. The first kappa shape index (κ1) is 9.06. The molecule has 1 aromatic carbocycles. The van der Waals surface area contributed by atoms with Crippen LogP contribution in [0.5, 0.6) is 0 Å². The predicted octanol–water partition coefficient (Wildman–Crippen LogP) is 2.40. The first-order valence-electron chi connectivity index (χ1n) is 4.62. The molecule has 2 nitrogen and oxygen atoms in total. The first-order valence-corrected chi connectivity index (χ1v) is 4.62. The van der Waals surface area contributed by atoms with E-state index < -0.39 is 0 Å². The second kappa shape index (κ2) is 3.33. The summed E-state index contributed by atoms with van der Waals surface area (Å²) in [5.41, 5.74) is 2.23. The Hall–Kier alpha value is -1.51. The van der Waals surface area contributed by atoms with Crippen LogP contribution < -0.4 is 5.01 Å². The Morgan fingerprint density at radius 2 is 1.86 bits per heavy atom. The minimum absolute atomic E-state index is 0.194. The molecule has 0 unspecified atom stereocenters. The number of hydrogen-bond donors (Lipinski definition) is 0. The van der Waals surface area contributed by atoms with Gasteiger partial charge in [0.2, 0.25) is 0 Å². The van der Waals surface area contributed by atoms with E-state index in [0.717, 1.165) is 12.2 Å². The van der Waals surface area contributed by atoms with Crippen LogP contribution in [0.15, 0.2) is 36.0 Å². The monoisotopic (exact) mass is 192 g/mol.